The van der Waals surface area contributed by atoms with Gasteiger partial charge in [-0.2, -0.15) is 13.2 Å². The molecule has 0 aliphatic carbocycles. The number of alkyl halides is 3. The van der Waals surface area contributed by atoms with Crippen molar-refractivity contribution in [3.8, 4) is 0 Å². The van der Waals surface area contributed by atoms with Gasteiger partial charge in [0.15, 0.2) is 0 Å². The lowest BCUT2D eigenvalue weighted by molar-refractivity contribution is -0.170. The Kier molecular flexibility index (Phi) is 5.22. The highest BCUT2D eigenvalue weighted by molar-refractivity contribution is 5.84. The van der Waals surface area contributed by atoms with Gasteiger partial charge < -0.3 is 14.7 Å². The van der Waals surface area contributed by atoms with Crippen molar-refractivity contribution in [3.05, 3.63) is 0 Å². The molecule has 0 aromatic rings. The molecule has 5 nitrogen and oxygen atoms in total. The van der Waals surface area contributed by atoms with Crippen LogP contribution in [0.3, 0.4) is 0 Å². The van der Waals surface area contributed by atoms with Gasteiger partial charge in [0, 0.05) is 7.11 Å². The van der Waals surface area contributed by atoms with Crippen molar-refractivity contribution >= 4 is 11.9 Å². The number of halogens is 3. The van der Waals surface area contributed by atoms with Gasteiger partial charge in [-0.3, -0.25) is 9.59 Å². The van der Waals surface area contributed by atoms with E-state index in [0.29, 0.717) is 0 Å². The van der Waals surface area contributed by atoms with E-state index in [2.05, 4.69) is 4.74 Å². The Labute approximate surface area is 89.8 Å². The summed E-state index contributed by atoms with van der Waals surface area (Å²) in [5.41, 5.74) is 0. The summed E-state index contributed by atoms with van der Waals surface area (Å²) in [5, 5.41) is 8.38. The van der Waals surface area contributed by atoms with Crippen LogP contribution in [0.25, 0.3) is 0 Å². The number of methoxy groups -OCH3 is 1. The second-order valence-electron chi connectivity index (χ2n) is 3.08. The fraction of sp³-hybridized carbons (Fsp3) is 0.750. The second kappa shape index (κ2) is 5.69. The molecule has 0 aromatic carbocycles. The monoisotopic (exact) mass is 243 g/mol. The minimum atomic E-state index is -4.64. The summed E-state index contributed by atoms with van der Waals surface area (Å²) in [6.45, 7) is -1.37. The lowest BCUT2D eigenvalue weighted by Crippen LogP contribution is -2.46. The molecule has 0 aliphatic heterocycles. The third-order valence-electron chi connectivity index (χ3n) is 1.71. The van der Waals surface area contributed by atoms with E-state index in [4.69, 9.17) is 5.11 Å². The zero-order chi connectivity index (χ0) is 12.9. The largest absolute Gasteiger partial charge is 0.480 e. The Balaban J connectivity index is 4.66. The number of nitrogens with zero attached hydrogens (tertiary/aromatic N) is 1. The zero-order valence-electron chi connectivity index (χ0n) is 8.74. The lowest BCUT2D eigenvalue weighted by atomic mass is 10.3. The van der Waals surface area contributed by atoms with Gasteiger partial charge in [-0.1, -0.05) is 0 Å². The lowest BCUT2D eigenvalue weighted by Gasteiger charge is -2.24. The summed E-state index contributed by atoms with van der Waals surface area (Å²) in [4.78, 5) is 21.8. The molecule has 0 bridgehead atoms. The van der Waals surface area contributed by atoms with E-state index in [0.717, 1.165) is 7.11 Å². The molecular formula is C8H12F3NO4. The summed E-state index contributed by atoms with van der Waals surface area (Å²) in [5.74, 6) is -2.52. The van der Waals surface area contributed by atoms with E-state index in [1.54, 1.807) is 0 Å². The highest BCUT2D eigenvalue weighted by atomic mass is 19.4. The topological polar surface area (TPSA) is 66.8 Å². The normalized spacial score (nSPS) is 13.3. The Morgan fingerprint density at radius 2 is 1.94 bits per heavy atom. The standard InChI is InChI=1S/C8H12F3NO4/c1-5(16-2)7(15)12(3-6(13)14)4-8(9,10)11/h5H,3-4H2,1-2H3,(H,13,14). The van der Waals surface area contributed by atoms with Crippen LogP contribution in [-0.2, 0) is 14.3 Å². The van der Waals surface area contributed by atoms with Crippen molar-refractivity contribution in [2.75, 3.05) is 20.2 Å². The summed E-state index contributed by atoms with van der Waals surface area (Å²) in [6, 6.07) is 0. The molecule has 94 valence electrons. The van der Waals surface area contributed by atoms with Crippen molar-refractivity contribution in [3.63, 3.8) is 0 Å². The number of amides is 1. The van der Waals surface area contributed by atoms with E-state index in [-0.39, 0.29) is 4.90 Å². The zero-order valence-corrected chi connectivity index (χ0v) is 8.74. The molecule has 1 atom stereocenters. The second-order valence-corrected chi connectivity index (χ2v) is 3.08. The van der Waals surface area contributed by atoms with E-state index in [1.165, 1.54) is 6.92 Å². The maximum atomic E-state index is 12.1. The molecular weight excluding hydrogens is 231 g/mol. The van der Waals surface area contributed by atoms with Crippen LogP contribution in [0.2, 0.25) is 0 Å². The van der Waals surface area contributed by atoms with Crippen molar-refractivity contribution in [2.45, 2.75) is 19.2 Å². The van der Waals surface area contributed by atoms with Gasteiger partial charge in [-0.15, -0.1) is 0 Å². The first kappa shape index (κ1) is 14.7. The molecule has 0 aliphatic rings. The molecule has 8 heteroatoms. The maximum absolute atomic E-state index is 12.1. The van der Waals surface area contributed by atoms with Gasteiger partial charge in [0.1, 0.15) is 19.2 Å². The van der Waals surface area contributed by atoms with Crippen LogP contribution in [0.15, 0.2) is 0 Å². The van der Waals surface area contributed by atoms with Crippen molar-refractivity contribution in [1.82, 2.24) is 4.90 Å². The number of aliphatic carboxylic acids is 1. The van der Waals surface area contributed by atoms with Crippen LogP contribution in [0.1, 0.15) is 6.92 Å². The first-order valence-electron chi connectivity index (χ1n) is 4.27. The van der Waals surface area contributed by atoms with Gasteiger partial charge in [0.2, 0.25) is 0 Å². The third kappa shape index (κ3) is 5.54. The fourth-order valence-corrected chi connectivity index (χ4v) is 0.949. The SMILES string of the molecule is COC(C)C(=O)N(CC(=O)O)CC(F)(F)F. The molecule has 0 fully saturated rings. The maximum Gasteiger partial charge on any atom is 0.406 e. The van der Waals surface area contributed by atoms with E-state index in [1.807, 2.05) is 0 Å². The number of hydrogen-bond donors (Lipinski definition) is 1. The minimum absolute atomic E-state index is 0.191. The minimum Gasteiger partial charge on any atom is -0.480 e. The predicted octanol–water partition coefficient (Wildman–Crippen LogP) is 0.497. The van der Waals surface area contributed by atoms with Crippen molar-refractivity contribution in [1.29, 1.82) is 0 Å². The molecule has 0 rings (SSSR count). The number of ether oxygens (including phenoxy) is 1. The average molecular weight is 243 g/mol. The van der Waals surface area contributed by atoms with Gasteiger partial charge in [-0.05, 0) is 6.92 Å². The van der Waals surface area contributed by atoms with Crippen molar-refractivity contribution < 1.29 is 32.6 Å². The first-order chi connectivity index (χ1) is 7.17. The van der Waals surface area contributed by atoms with Crippen LogP contribution in [0.4, 0.5) is 13.2 Å². The molecule has 0 aromatic heterocycles. The Morgan fingerprint density at radius 1 is 1.44 bits per heavy atom. The summed E-state index contributed by atoms with van der Waals surface area (Å²) in [7, 11) is 1.15. The molecule has 1 N–H and O–H groups in total. The molecule has 0 radical (unpaired) electrons. The number of carbonyl (C=O) groups excluding carboxylic acids is 1. The first-order valence-corrected chi connectivity index (χ1v) is 4.27. The van der Waals surface area contributed by atoms with Crippen LogP contribution in [0.5, 0.6) is 0 Å². The van der Waals surface area contributed by atoms with E-state index < -0.39 is 37.2 Å². The Morgan fingerprint density at radius 3 is 2.25 bits per heavy atom. The van der Waals surface area contributed by atoms with E-state index >= 15 is 0 Å². The summed E-state index contributed by atoms with van der Waals surface area (Å²) < 4.78 is 40.7. The highest BCUT2D eigenvalue weighted by Crippen LogP contribution is 2.17. The number of carboxylic acid groups (broad SMARTS) is 1. The molecule has 0 spiro atoms. The molecule has 0 saturated heterocycles. The number of carboxylic acids is 1. The van der Waals surface area contributed by atoms with Gasteiger partial charge in [-0.25, -0.2) is 0 Å². The van der Waals surface area contributed by atoms with Crippen LogP contribution < -0.4 is 0 Å². The van der Waals surface area contributed by atoms with Crippen molar-refractivity contribution in [2.24, 2.45) is 0 Å². The van der Waals surface area contributed by atoms with Crippen LogP contribution in [0, 0.1) is 0 Å². The van der Waals surface area contributed by atoms with Crippen LogP contribution >= 0.6 is 0 Å². The predicted molar refractivity (Wildman–Crippen MR) is 46.7 cm³/mol. The van der Waals surface area contributed by atoms with Crippen LogP contribution in [-0.4, -0.2) is 54.4 Å². The van der Waals surface area contributed by atoms with Gasteiger partial charge in [0.25, 0.3) is 5.91 Å². The Bertz CT molecular complexity index is 266. The molecule has 16 heavy (non-hydrogen) atoms. The summed E-state index contributed by atoms with van der Waals surface area (Å²) >= 11 is 0. The van der Waals surface area contributed by atoms with Gasteiger partial charge in [0.05, 0.1) is 0 Å². The third-order valence-corrected chi connectivity index (χ3v) is 1.71. The molecule has 1 unspecified atom stereocenters. The number of rotatable bonds is 5. The molecule has 1 amide bonds. The smallest absolute Gasteiger partial charge is 0.406 e. The van der Waals surface area contributed by atoms with Gasteiger partial charge >= 0.3 is 12.1 Å². The van der Waals surface area contributed by atoms with E-state index in [9.17, 15) is 22.8 Å². The summed E-state index contributed by atoms with van der Waals surface area (Å²) in [6.07, 6.45) is -5.75. The molecule has 0 saturated carbocycles. The molecule has 0 heterocycles. The number of hydrogen-bond acceptors (Lipinski definition) is 3. The highest BCUT2D eigenvalue weighted by Gasteiger charge is 2.35. The average Bonchev–Trinajstić information content (AvgIpc) is 2.11. The Hall–Kier alpha value is -1.31. The number of carbonyl (C=O) groups is 2. The fourth-order valence-electron chi connectivity index (χ4n) is 0.949. The quantitative estimate of drug-likeness (QED) is 0.763.